The van der Waals surface area contributed by atoms with Gasteiger partial charge >= 0.3 is 11.9 Å². The zero-order valence-electron chi connectivity index (χ0n) is 9.77. The quantitative estimate of drug-likeness (QED) is 0.370. The normalized spacial score (nSPS) is 9.29. The van der Waals surface area contributed by atoms with Crippen LogP contribution in [0.15, 0.2) is 35.5 Å². The van der Waals surface area contributed by atoms with Gasteiger partial charge in [-0.3, -0.25) is 4.79 Å². The Kier molecular flexibility index (Phi) is 4.87. The second kappa shape index (κ2) is 6.42. The van der Waals surface area contributed by atoms with Gasteiger partial charge in [-0.25, -0.2) is 4.79 Å². The number of hydrogen-bond acceptors (Lipinski definition) is 4. The number of benzene rings is 1. The Bertz CT molecular complexity index is 423. The van der Waals surface area contributed by atoms with Gasteiger partial charge in [0, 0.05) is 6.54 Å². The van der Waals surface area contributed by atoms with Crippen molar-refractivity contribution < 1.29 is 14.4 Å². The summed E-state index contributed by atoms with van der Waals surface area (Å²) in [6.45, 7) is 3.61. The Morgan fingerprint density at radius 1 is 1.24 bits per heavy atom. The average molecular weight is 234 g/mol. The van der Waals surface area contributed by atoms with Crippen LogP contribution in [-0.2, 0) is 21.0 Å². The summed E-state index contributed by atoms with van der Waals surface area (Å²) in [5, 5.41) is 5.85. The molecule has 1 N–H and O–H groups in total. The molecule has 0 spiro atoms. The average Bonchev–Trinajstić information content (AvgIpc) is 2.34. The van der Waals surface area contributed by atoms with Gasteiger partial charge in [-0.05, 0) is 19.4 Å². The fourth-order valence-electron chi connectivity index (χ4n) is 1.02. The predicted octanol–water partition coefficient (Wildman–Crippen LogP) is 1.24. The molecule has 90 valence electrons. The summed E-state index contributed by atoms with van der Waals surface area (Å²) >= 11 is 0. The van der Waals surface area contributed by atoms with Gasteiger partial charge in [-0.1, -0.05) is 35.5 Å². The molecule has 0 radical (unpaired) electrons. The summed E-state index contributed by atoms with van der Waals surface area (Å²) in [7, 11) is 0. The highest BCUT2D eigenvalue weighted by molar-refractivity contribution is 6.32. The van der Waals surface area contributed by atoms with E-state index in [0.29, 0.717) is 5.71 Å². The van der Waals surface area contributed by atoms with Crippen molar-refractivity contribution in [3.05, 3.63) is 35.9 Å². The molecule has 0 aliphatic rings. The third kappa shape index (κ3) is 4.92. The minimum absolute atomic E-state index is 0.281. The standard InChI is InChI=1S/C12H14N2O3/c1-9(2)14-17-12(16)11(15)13-8-10-6-4-3-5-7-10/h3-7H,8H2,1-2H3,(H,13,15). The maximum absolute atomic E-state index is 11.3. The number of rotatable bonds is 3. The van der Waals surface area contributed by atoms with Gasteiger partial charge in [0.15, 0.2) is 0 Å². The van der Waals surface area contributed by atoms with Crippen molar-refractivity contribution in [1.29, 1.82) is 0 Å². The first-order valence-electron chi connectivity index (χ1n) is 5.14. The number of nitrogens with zero attached hydrogens (tertiary/aromatic N) is 1. The van der Waals surface area contributed by atoms with E-state index in [1.165, 1.54) is 0 Å². The molecule has 0 heterocycles. The smallest absolute Gasteiger partial charge is 0.342 e. The molecule has 1 aromatic carbocycles. The highest BCUT2D eigenvalue weighted by Crippen LogP contribution is 1.97. The topological polar surface area (TPSA) is 67.8 Å². The molecule has 0 saturated carbocycles. The Labute approximate surface area is 99.5 Å². The molecule has 0 saturated heterocycles. The van der Waals surface area contributed by atoms with Crippen molar-refractivity contribution >= 4 is 17.6 Å². The van der Waals surface area contributed by atoms with Gasteiger partial charge in [0.05, 0.1) is 5.71 Å². The summed E-state index contributed by atoms with van der Waals surface area (Å²) in [5.74, 6) is -1.82. The molecule has 0 unspecified atom stereocenters. The van der Waals surface area contributed by atoms with Crippen molar-refractivity contribution in [3.8, 4) is 0 Å². The van der Waals surface area contributed by atoms with Crippen LogP contribution in [0.5, 0.6) is 0 Å². The van der Waals surface area contributed by atoms with Crippen LogP contribution in [0.3, 0.4) is 0 Å². The largest absolute Gasteiger partial charge is 0.422 e. The molecule has 1 aromatic rings. The van der Waals surface area contributed by atoms with Gasteiger partial charge < -0.3 is 10.2 Å². The zero-order chi connectivity index (χ0) is 12.7. The molecular formula is C12H14N2O3. The lowest BCUT2D eigenvalue weighted by Gasteiger charge is -2.02. The monoisotopic (exact) mass is 234 g/mol. The lowest BCUT2D eigenvalue weighted by molar-refractivity contribution is -0.155. The molecule has 0 aliphatic carbocycles. The summed E-state index contributed by atoms with van der Waals surface area (Å²) in [5.41, 5.74) is 1.47. The van der Waals surface area contributed by atoms with Gasteiger partial charge in [-0.2, -0.15) is 0 Å². The fraction of sp³-hybridized carbons (Fsp3) is 0.250. The van der Waals surface area contributed by atoms with E-state index in [1.807, 2.05) is 30.3 Å². The van der Waals surface area contributed by atoms with Crippen LogP contribution in [0.2, 0.25) is 0 Å². The van der Waals surface area contributed by atoms with Gasteiger partial charge in [-0.15, -0.1) is 0 Å². The molecule has 0 atom stereocenters. The molecule has 1 rings (SSSR count). The van der Waals surface area contributed by atoms with Crippen LogP contribution in [-0.4, -0.2) is 17.6 Å². The molecule has 0 bridgehead atoms. The molecule has 5 heteroatoms. The van der Waals surface area contributed by atoms with Gasteiger partial charge in [0.1, 0.15) is 0 Å². The lowest BCUT2D eigenvalue weighted by Crippen LogP contribution is -2.31. The second-order valence-electron chi connectivity index (χ2n) is 3.59. The first-order valence-corrected chi connectivity index (χ1v) is 5.14. The fourth-order valence-corrected chi connectivity index (χ4v) is 1.02. The summed E-state index contributed by atoms with van der Waals surface area (Å²) in [6.07, 6.45) is 0. The minimum Gasteiger partial charge on any atom is -0.342 e. The first-order chi connectivity index (χ1) is 8.09. The molecule has 17 heavy (non-hydrogen) atoms. The summed E-state index contributed by atoms with van der Waals surface area (Å²) in [4.78, 5) is 26.8. The van der Waals surface area contributed by atoms with Crippen LogP contribution < -0.4 is 5.32 Å². The van der Waals surface area contributed by atoms with E-state index >= 15 is 0 Å². The third-order valence-corrected chi connectivity index (χ3v) is 1.79. The summed E-state index contributed by atoms with van der Waals surface area (Å²) in [6, 6.07) is 9.27. The van der Waals surface area contributed by atoms with Crippen LogP contribution in [0.1, 0.15) is 19.4 Å². The molecule has 0 fully saturated rings. The minimum atomic E-state index is -1.01. The number of oxime groups is 1. The molecule has 5 nitrogen and oxygen atoms in total. The van der Waals surface area contributed by atoms with Gasteiger partial charge in [0.25, 0.3) is 0 Å². The van der Waals surface area contributed by atoms with Crippen molar-refractivity contribution in [1.82, 2.24) is 5.32 Å². The van der Waals surface area contributed by atoms with E-state index in [1.54, 1.807) is 13.8 Å². The number of carbonyl (C=O) groups excluding carboxylic acids is 2. The molecular weight excluding hydrogens is 220 g/mol. The number of carbonyl (C=O) groups is 2. The zero-order valence-corrected chi connectivity index (χ0v) is 9.77. The number of hydrogen-bond donors (Lipinski definition) is 1. The SMILES string of the molecule is CC(C)=NOC(=O)C(=O)NCc1ccccc1. The van der Waals surface area contributed by atoms with E-state index in [4.69, 9.17) is 0 Å². The van der Waals surface area contributed by atoms with Crippen LogP contribution >= 0.6 is 0 Å². The Morgan fingerprint density at radius 2 is 1.88 bits per heavy atom. The van der Waals surface area contributed by atoms with Crippen LogP contribution in [0, 0.1) is 0 Å². The van der Waals surface area contributed by atoms with Gasteiger partial charge in [0.2, 0.25) is 0 Å². The second-order valence-corrected chi connectivity index (χ2v) is 3.59. The first kappa shape index (κ1) is 12.9. The lowest BCUT2D eigenvalue weighted by atomic mass is 10.2. The Balaban J connectivity index is 2.40. The molecule has 0 aliphatic heterocycles. The van der Waals surface area contributed by atoms with Crippen molar-refractivity contribution in [3.63, 3.8) is 0 Å². The highest BCUT2D eigenvalue weighted by Gasteiger charge is 2.14. The van der Waals surface area contributed by atoms with E-state index in [-0.39, 0.29) is 6.54 Å². The van der Waals surface area contributed by atoms with E-state index in [0.717, 1.165) is 5.56 Å². The van der Waals surface area contributed by atoms with Crippen molar-refractivity contribution in [2.45, 2.75) is 20.4 Å². The van der Waals surface area contributed by atoms with Crippen molar-refractivity contribution in [2.75, 3.05) is 0 Å². The Hall–Kier alpha value is -2.17. The number of amides is 1. The number of nitrogens with one attached hydrogen (secondary N) is 1. The third-order valence-electron chi connectivity index (χ3n) is 1.79. The predicted molar refractivity (Wildman–Crippen MR) is 63.2 cm³/mol. The van der Waals surface area contributed by atoms with Crippen molar-refractivity contribution in [2.24, 2.45) is 5.16 Å². The van der Waals surface area contributed by atoms with E-state index in [2.05, 4.69) is 15.3 Å². The maximum Gasteiger partial charge on any atom is 0.422 e. The Morgan fingerprint density at radius 3 is 2.47 bits per heavy atom. The molecule has 0 aromatic heterocycles. The van der Waals surface area contributed by atoms with E-state index in [9.17, 15) is 9.59 Å². The summed E-state index contributed by atoms with van der Waals surface area (Å²) < 4.78 is 0. The van der Waals surface area contributed by atoms with E-state index < -0.39 is 11.9 Å². The highest BCUT2D eigenvalue weighted by atomic mass is 16.7. The maximum atomic E-state index is 11.3. The van der Waals surface area contributed by atoms with Crippen LogP contribution in [0.25, 0.3) is 0 Å². The van der Waals surface area contributed by atoms with Crippen LogP contribution in [0.4, 0.5) is 0 Å². The molecule has 1 amide bonds.